The first-order valence-electron chi connectivity index (χ1n) is 9.24. The van der Waals surface area contributed by atoms with Gasteiger partial charge in [-0.2, -0.15) is 0 Å². The molecule has 0 unspecified atom stereocenters. The Labute approximate surface area is 151 Å². The average molecular weight is 365 g/mol. The molecule has 4 atom stereocenters. The van der Waals surface area contributed by atoms with Gasteiger partial charge in [0.15, 0.2) is 0 Å². The van der Waals surface area contributed by atoms with Crippen molar-refractivity contribution in [2.45, 2.75) is 37.6 Å². The Morgan fingerprint density at radius 2 is 2.12 bits per heavy atom. The predicted octanol–water partition coefficient (Wildman–Crippen LogP) is -0.135. The van der Waals surface area contributed by atoms with Crippen LogP contribution in [-0.4, -0.2) is 78.1 Å². The van der Waals surface area contributed by atoms with E-state index < -0.39 is 23.6 Å². The van der Waals surface area contributed by atoms with Crippen molar-refractivity contribution in [1.82, 2.24) is 15.1 Å². The number of carbonyl (C=O) groups is 3. The second kappa shape index (κ2) is 6.33. The SMILES string of the molecule is CC(=O)NCCN1C[C@]23C=C[C@H](O2)[C@H](C(=O)N2CCC(F)CC2)[C@H]3C1=O. The fraction of sp³-hybridized carbons (Fsp3) is 0.722. The Morgan fingerprint density at radius 3 is 2.81 bits per heavy atom. The molecule has 3 fully saturated rings. The molecule has 0 radical (unpaired) electrons. The van der Waals surface area contributed by atoms with Gasteiger partial charge in [0.05, 0.1) is 24.5 Å². The van der Waals surface area contributed by atoms with E-state index in [0.29, 0.717) is 45.6 Å². The lowest BCUT2D eigenvalue weighted by molar-refractivity contribution is -0.144. The highest BCUT2D eigenvalue weighted by Gasteiger charge is 2.67. The van der Waals surface area contributed by atoms with Gasteiger partial charge in [-0.25, -0.2) is 4.39 Å². The van der Waals surface area contributed by atoms with Crippen LogP contribution in [0, 0.1) is 11.8 Å². The lowest BCUT2D eigenvalue weighted by Crippen LogP contribution is -2.48. The molecule has 0 aromatic carbocycles. The van der Waals surface area contributed by atoms with E-state index in [4.69, 9.17) is 4.74 Å². The molecule has 3 saturated heterocycles. The zero-order chi connectivity index (χ0) is 18.5. The monoisotopic (exact) mass is 365 g/mol. The summed E-state index contributed by atoms with van der Waals surface area (Å²) >= 11 is 0. The van der Waals surface area contributed by atoms with E-state index in [1.807, 2.05) is 12.2 Å². The van der Waals surface area contributed by atoms with Crippen molar-refractivity contribution in [2.75, 3.05) is 32.7 Å². The summed E-state index contributed by atoms with van der Waals surface area (Å²) < 4.78 is 19.5. The molecule has 4 heterocycles. The molecule has 4 aliphatic rings. The van der Waals surface area contributed by atoms with Gasteiger partial charge in [0, 0.05) is 33.1 Å². The van der Waals surface area contributed by atoms with Crippen molar-refractivity contribution in [2.24, 2.45) is 11.8 Å². The first-order chi connectivity index (χ1) is 12.4. The van der Waals surface area contributed by atoms with Crippen molar-refractivity contribution >= 4 is 17.7 Å². The number of nitrogens with one attached hydrogen (secondary N) is 1. The molecule has 0 aromatic rings. The number of halogens is 1. The molecule has 1 spiro atoms. The van der Waals surface area contributed by atoms with Gasteiger partial charge >= 0.3 is 0 Å². The van der Waals surface area contributed by atoms with Crippen LogP contribution >= 0.6 is 0 Å². The minimum Gasteiger partial charge on any atom is -0.360 e. The molecule has 4 aliphatic heterocycles. The highest BCUT2D eigenvalue weighted by molar-refractivity contribution is 5.93. The molecule has 0 saturated carbocycles. The number of rotatable bonds is 4. The third-order valence-electron chi connectivity index (χ3n) is 5.96. The van der Waals surface area contributed by atoms with E-state index in [-0.39, 0.29) is 23.8 Å². The van der Waals surface area contributed by atoms with Crippen molar-refractivity contribution < 1.29 is 23.5 Å². The topological polar surface area (TPSA) is 79.0 Å². The Hall–Kier alpha value is -1.96. The Bertz CT molecular complexity index is 661. The van der Waals surface area contributed by atoms with Crippen LogP contribution in [0.25, 0.3) is 0 Å². The number of ether oxygens (including phenoxy) is 1. The van der Waals surface area contributed by atoms with Crippen LogP contribution in [0.1, 0.15) is 19.8 Å². The lowest BCUT2D eigenvalue weighted by atomic mass is 9.76. The van der Waals surface area contributed by atoms with Gasteiger partial charge in [0.2, 0.25) is 17.7 Å². The highest BCUT2D eigenvalue weighted by atomic mass is 19.1. The summed E-state index contributed by atoms with van der Waals surface area (Å²) in [5.41, 5.74) is -0.739. The zero-order valence-electron chi connectivity index (χ0n) is 14.8. The van der Waals surface area contributed by atoms with Crippen molar-refractivity contribution in [1.29, 1.82) is 0 Å². The van der Waals surface area contributed by atoms with E-state index in [9.17, 15) is 18.8 Å². The normalized spacial score (nSPS) is 35.9. The zero-order valence-corrected chi connectivity index (χ0v) is 14.8. The maximum absolute atomic E-state index is 13.4. The molecule has 7 nitrogen and oxygen atoms in total. The van der Waals surface area contributed by atoms with Gasteiger partial charge in [0.25, 0.3) is 0 Å². The number of hydrogen-bond donors (Lipinski definition) is 1. The van der Waals surface area contributed by atoms with Crippen LogP contribution in [0.2, 0.25) is 0 Å². The third-order valence-corrected chi connectivity index (χ3v) is 5.96. The molecular formula is C18H24FN3O4. The lowest BCUT2D eigenvalue weighted by Gasteiger charge is -2.33. The summed E-state index contributed by atoms with van der Waals surface area (Å²) in [7, 11) is 0. The minimum atomic E-state index is -0.848. The van der Waals surface area contributed by atoms with Gasteiger partial charge in [-0.3, -0.25) is 14.4 Å². The summed E-state index contributed by atoms with van der Waals surface area (Å²) in [5.74, 6) is -1.40. The highest BCUT2D eigenvalue weighted by Crippen LogP contribution is 2.52. The molecule has 8 heteroatoms. The quantitative estimate of drug-likeness (QED) is 0.704. The van der Waals surface area contributed by atoms with Crippen molar-refractivity contribution in [3.63, 3.8) is 0 Å². The Kier molecular flexibility index (Phi) is 4.25. The van der Waals surface area contributed by atoms with Crippen LogP contribution in [0.5, 0.6) is 0 Å². The second-order valence-corrected chi connectivity index (χ2v) is 7.64. The number of alkyl halides is 1. The largest absolute Gasteiger partial charge is 0.360 e. The molecule has 26 heavy (non-hydrogen) atoms. The molecule has 3 amide bonds. The molecule has 142 valence electrons. The van der Waals surface area contributed by atoms with Crippen LogP contribution < -0.4 is 5.32 Å². The van der Waals surface area contributed by atoms with E-state index >= 15 is 0 Å². The Morgan fingerprint density at radius 1 is 1.38 bits per heavy atom. The number of nitrogens with zero attached hydrogens (tertiary/aromatic N) is 2. The van der Waals surface area contributed by atoms with Gasteiger partial charge in [-0.05, 0) is 12.8 Å². The smallest absolute Gasteiger partial charge is 0.230 e. The van der Waals surface area contributed by atoms with Crippen molar-refractivity contribution in [3.8, 4) is 0 Å². The maximum atomic E-state index is 13.4. The summed E-state index contributed by atoms with van der Waals surface area (Å²) in [4.78, 5) is 40.4. The van der Waals surface area contributed by atoms with Gasteiger partial charge in [-0.15, -0.1) is 0 Å². The first kappa shape index (κ1) is 17.5. The number of fused-ring (bicyclic) bond motifs is 1. The second-order valence-electron chi connectivity index (χ2n) is 7.64. The van der Waals surface area contributed by atoms with E-state index in [1.165, 1.54) is 6.92 Å². The molecule has 2 bridgehead atoms. The number of carbonyl (C=O) groups excluding carboxylic acids is 3. The first-order valence-corrected chi connectivity index (χ1v) is 9.24. The average Bonchev–Trinajstić information content (AvgIpc) is 3.23. The van der Waals surface area contributed by atoms with Crippen LogP contribution in [0.4, 0.5) is 4.39 Å². The molecule has 4 rings (SSSR count). The molecule has 1 N–H and O–H groups in total. The summed E-state index contributed by atoms with van der Waals surface area (Å²) in [6.07, 6.45) is 3.27. The molecule has 0 aliphatic carbocycles. The molecular weight excluding hydrogens is 341 g/mol. The number of piperidine rings is 1. The number of likely N-dealkylation sites (tertiary alicyclic amines) is 2. The van der Waals surface area contributed by atoms with E-state index in [0.717, 1.165) is 0 Å². The maximum Gasteiger partial charge on any atom is 0.230 e. The fourth-order valence-corrected chi connectivity index (χ4v) is 4.70. The van der Waals surface area contributed by atoms with Crippen LogP contribution in [0.3, 0.4) is 0 Å². The van der Waals surface area contributed by atoms with Gasteiger partial charge < -0.3 is 19.9 Å². The van der Waals surface area contributed by atoms with E-state index in [1.54, 1.807) is 9.80 Å². The van der Waals surface area contributed by atoms with Gasteiger partial charge in [-0.1, -0.05) is 12.2 Å². The van der Waals surface area contributed by atoms with Crippen molar-refractivity contribution in [3.05, 3.63) is 12.2 Å². The van der Waals surface area contributed by atoms with Crippen LogP contribution in [0.15, 0.2) is 12.2 Å². The van der Waals surface area contributed by atoms with Crippen LogP contribution in [-0.2, 0) is 19.1 Å². The Balaban J connectivity index is 1.48. The molecule has 0 aromatic heterocycles. The standard InChI is InChI=1S/C18H24FN3O4/c1-11(23)20-6-9-22-10-18-5-2-13(26-18)14(15(18)17(22)25)16(24)21-7-3-12(19)4-8-21/h2,5,12-15H,3-4,6-10H2,1H3,(H,20,23)/t13-,14-,15-,18-/m0/s1. The van der Waals surface area contributed by atoms with E-state index in [2.05, 4.69) is 5.32 Å². The number of hydrogen-bond acceptors (Lipinski definition) is 4. The fourth-order valence-electron chi connectivity index (χ4n) is 4.70. The number of amides is 3. The summed E-state index contributed by atoms with van der Waals surface area (Å²) in [5, 5.41) is 2.69. The predicted molar refractivity (Wildman–Crippen MR) is 89.7 cm³/mol. The summed E-state index contributed by atoms with van der Waals surface area (Å²) in [6, 6.07) is 0. The van der Waals surface area contributed by atoms with Gasteiger partial charge in [0.1, 0.15) is 11.8 Å². The summed E-state index contributed by atoms with van der Waals surface area (Å²) in [6.45, 7) is 3.40. The minimum absolute atomic E-state index is 0.0964. The third kappa shape index (κ3) is 2.71.